The van der Waals surface area contributed by atoms with Crippen LogP contribution in [0.5, 0.6) is 0 Å². The van der Waals surface area contributed by atoms with Crippen LogP contribution in [0.15, 0.2) is 58.3 Å². The SMILES string of the molecule is Cc1cccc(C(C)C)c1Nc1ccc(NS(=O)(=O)c2cccs2)cn1. The van der Waals surface area contributed by atoms with Gasteiger partial charge in [-0.2, -0.15) is 0 Å². The van der Waals surface area contributed by atoms with Crippen LogP contribution < -0.4 is 10.0 Å². The van der Waals surface area contributed by atoms with Crippen LogP contribution in [-0.4, -0.2) is 13.4 Å². The largest absolute Gasteiger partial charge is 0.340 e. The molecule has 0 unspecified atom stereocenters. The summed E-state index contributed by atoms with van der Waals surface area (Å²) >= 11 is 1.18. The van der Waals surface area contributed by atoms with Crippen molar-refractivity contribution in [1.82, 2.24) is 4.98 Å². The van der Waals surface area contributed by atoms with Crippen LogP contribution in [0.3, 0.4) is 0 Å². The fraction of sp³-hybridized carbons (Fsp3) is 0.211. The minimum Gasteiger partial charge on any atom is -0.340 e. The van der Waals surface area contributed by atoms with Crippen molar-refractivity contribution in [3.63, 3.8) is 0 Å². The summed E-state index contributed by atoms with van der Waals surface area (Å²) in [6.07, 6.45) is 1.51. The average Bonchev–Trinajstić information content (AvgIpc) is 3.13. The lowest BCUT2D eigenvalue weighted by atomic mass is 9.98. The molecule has 0 saturated heterocycles. The number of anilines is 3. The molecule has 26 heavy (non-hydrogen) atoms. The number of aryl methyl sites for hydroxylation is 1. The van der Waals surface area contributed by atoms with Gasteiger partial charge in [0.05, 0.1) is 11.9 Å². The van der Waals surface area contributed by atoms with Crippen molar-refractivity contribution < 1.29 is 8.42 Å². The molecular weight excluding hydrogens is 366 g/mol. The molecule has 2 heterocycles. The fourth-order valence-corrected chi connectivity index (χ4v) is 4.66. The molecule has 2 aromatic heterocycles. The first kappa shape index (κ1) is 18.4. The molecule has 136 valence electrons. The van der Waals surface area contributed by atoms with Gasteiger partial charge in [0, 0.05) is 5.69 Å². The summed E-state index contributed by atoms with van der Waals surface area (Å²) in [7, 11) is -3.56. The van der Waals surface area contributed by atoms with Gasteiger partial charge in [-0.15, -0.1) is 11.3 Å². The predicted molar refractivity (Wildman–Crippen MR) is 108 cm³/mol. The van der Waals surface area contributed by atoms with E-state index in [0.717, 1.165) is 11.3 Å². The molecule has 2 N–H and O–H groups in total. The highest BCUT2D eigenvalue weighted by Crippen LogP contribution is 2.30. The third-order valence-corrected chi connectivity index (χ3v) is 6.73. The molecule has 0 saturated carbocycles. The number of nitrogens with zero attached hydrogens (tertiary/aromatic N) is 1. The van der Waals surface area contributed by atoms with Crippen LogP contribution in [0, 0.1) is 6.92 Å². The van der Waals surface area contributed by atoms with Gasteiger partial charge in [0.25, 0.3) is 10.0 Å². The molecule has 1 aromatic carbocycles. The summed E-state index contributed by atoms with van der Waals surface area (Å²) in [4.78, 5) is 4.35. The van der Waals surface area contributed by atoms with Crippen molar-refractivity contribution in [1.29, 1.82) is 0 Å². The number of hydrogen-bond acceptors (Lipinski definition) is 5. The van der Waals surface area contributed by atoms with E-state index in [1.54, 1.807) is 29.6 Å². The third-order valence-electron chi connectivity index (χ3n) is 3.96. The molecule has 0 spiro atoms. The Morgan fingerprint density at radius 1 is 1.08 bits per heavy atom. The molecule has 0 aliphatic heterocycles. The first-order valence-electron chi connectivity index (χ1n) is 8.26. The summed E-state index contributed by atoms with van der Waals surface area (Å²) in [5.41, 5.74) is 3.83. The van der Waals surface area contributed by atoms with Gasteiger partial charge in [-0.3, -0.25) is 4.72 Å². The number of nitrogens with one attached hydrogen (secondary N) is 2. The molecule has 0 fully saturated rings. The molecule has 0 aliphatic rings. The number of para-hydroxylation sites is 1. The van der Waals surface area contributed by atoms with Gasteiger partial charge in [-0.1, -0.05) is 38.1 Å². The minimum atomic E-state index is -3.56. The second-order valence-corrected chi connectivity index (χ2v) is 9.15. The zero-order valence-electron chi connectivity index (χ0n) is 14.9. The van der Waals surface area contributed by atoms with Crippen molar-refractivity contribution in [3.05, 3.63) is 65.2 Å². The fourth-order valence-electron chi connectivity index (χ4n) is 2.62. The van der Waals surface area contributed by atoms with Gasteiger partial charge in [0.1, 0.15) is 10.0 Å². The summed E-state index contributed by atoms with van der Waals surface area (Å²) in [6.45, 7) is 6.35. The van der Waals surface area contributed by atoms with Crippen LogP contribution >= 0.6 is 11.3 Å². The lowest BCUT2D eigenvalue weighted by Gasteiger charge is -2.17. The number of aromatic nitrogens is 1. The summed E-state index contributed by atoms with van der Waals surface area (Å²) in [5, 5.41) is 5.08. The van der Waals surface area contributed by atoms with Crippen LogP contribution in [0.25, 0.3) is 0 Å². The Morgan fingerprint density at radius 3 is 2.50 bits per heavy atom. The van der Waals surface area contributed by atoms with Crippen molar-refractivity contribution in [3.8, 4) is 0 Å². The van der Waals surface area contributed by atoms with E-state index >= 15 is 0 Å². The second-order valence-electron chi connectivity index (χ2n) is 6.29. The molecule has 0 aliphatic carbocycles. The summed E-state index contributed by atoms with van der Waals surface area (Å²) < 4.78 is 27.3. The molecule has 5 nitrogen and oxygen atoms in total. The van der Waals surface area contributed by atoms with Crippen molar-refractivity contribution >= 4 is 38.6 Å². The zero-order chi connectivity index (χ0) is 18.7. The van der Waals surface area contributed by atoms with Gasteiger partial charge in [0.15, 0.2) is 0 Å². The highest BCUT2D eigenvalue weighted by atomic mass is 32.2. The molecule has 3 rings (SSSR count). The van der Waals surface area contributed by atoms with Crippen LogP contribution in [0.1, 0.15) is 30.9 Å². The maximum atomic E-state index is 12.3. The topological polar surface area (TPSA) is 71.1 Å². The highest BCUT2D eigenvalue weighted by molar-refractivity contribution is 7.94. The van der Waals surface area contributed by atoms with Crippen molar-refractivity contribution in [2.45, 2.75) is 30.9 Å². The Kier molecular flexibility index (Phi) is 5.29. The van der Waals surface area contributed by atoms with Gasteiger partial charge in [0.2, 0.25) is 0 Å². The van der Waals surface area contributed by atoms with E-state index in [2.05, 4.69) is 47.9 Å². The smallest absolute Gasteiger partial charge is 0.271 e. The molecule has 0 amide bonds. The highest BCUT2D eigenvalue weighted by Gasteiger charge is 2.15. The predicted octanol–water partition coefficient (Wildman–Crippen LogP) is 5.12. The van der Waals surface area contributed by atoms with Crippen molar-refractivity contribution in [2.75, 3.05) is 10.0 Å². The number of pyridine rings is 1. The Hall–Kier alpha value is -2.38. The number of rotatable bonds is 6. The number of benzene rings is 1. The molecule has 0 bridgehead atoms. The van der Waals surface area contributed by atoms with Crippen LogP contribution in [0.4, 0.5) is 17.2 Å². The van der Waals surface area contributed by atoms with Gasteiger partial charge >= 0.3 is 0 Å². The monoisotopic (exact) mass is 387 g/mol. The van der Waals surface area contributed by atoms with E-state index in [-0.39, 0.29) is 4.21 Å². The Labute approximate surface area is 158 Å². The van der Waals surface area contributed by atoms with Crippen molar-refractivity contribution in [2.24, 2.45) is 0 Å². The second kappa shape index (κ2) is 7.47. The van der Waals surface area contributed by atoms with E-state index in [1.165, 1.54) is 23.1 Å². The number of hydrogen-bond donors (Lipinski definition) is 2. The standard InChI is InChI=1S/C19H21N3O2S2/c1-13(2)16-7-4-6-14(3)19(16)21-17-10-9-15(12-20-17)22-26(23,24)18-8-5-11-25-18/h4-13,22H,1-3H3,(H,20,21). The zero-order valence-corrected chi connectivity index (χ0v) is 16.5. The normalized spacial score (nSPS) is 11.5. The van der Waals surface area contributed by atoms with Gasteiger partial charge < -0.3 is 5.32 Å². The van der Waals surface area contributed by atoms with E-state index in [0.29, 0.717) is 17.4 Å². The first-order chi connectivity index (χ1) is 12.4. The molecule has 0 radical (unpaired) electrons. The maximum absolute atomic E-state index is 12.3. The Balaban J connectivity index is 1.79. The Bertz CT molecular complexity index is 980. The molecular formula is C19H21N3O2S2. The lowest BCUT2D eigenvalue weighted by molar-refractivity contribution is 0.603. The maximum Gasteiger partial charge on any atom is 0.271 e. The minimum absolute atomic E-state index is 0.279. The molecule has 3 aromatic rings. The van der Waals surface area contributed by atoms with E-state index in [1.807, 2.05) is 6.07 Å². The lowest BCUT2D eigenvalue weighted by Crippen LogP contribution is -2.11. The van der Waals surface area contributed by atoms with Crippen LogP contribution in [0.2, 0.25) is 0 Å². The molecule has 7 heteroatoms. The Morgan fingerprint density at radius 2 is 1.88 bits per heavy atom. The quantitative estimate of drug-likeness (QED) is 0.616. The van der Waals surface area contributed by atoms with Gasteiger partial charge in [-0.25, -0.2) is 13.4 Å². The average molecular weight is 388 g/mol. The van der Waals surface area contributed by atoms with E-state index < -0.39 is 10.0 Å². The third kappa shape index (κ3) is 4.05. The van der Waals surface area contributed by atoms with E-state index in [4.69, 9.17) is 0 Å². The number of thiophene rings is 1. The molecule has 0 atom stereocenters. The van der Waals surface area contributed by atoms with E-state index in [9.17, 15) is 8.42 Å². The first-order valence-corrected chi connectivity index (χ1v) is 10.6. The number of sulfonamides is 1. The van der Waals surface area contributed by atoms with Crippen LogP contribution in [-0.2, 0) is 10.0 Å². The summed E-state index contributed by atoms with van der Waals surface area (Å²) in [5.74, 6) is 1.05. The van der Waals surface area contributed by atoms with Gasteiger partial charge in [-0.05, 0) is 47.5 Å². The summed E-state index contributed by atoms with van der Waals surface area (Å²) in [6, 6.07) is 12.9.